The van der Waals surface area contributed by atoms with E-state index in [4.69, 9.17) is 4.42 Å². The van der Waals surface area contributed by atoms with Crippen molar-refractivity contribution < 1.29 is 4.42 Å². The van der Waals surface area contributed by atoms with Gasteiger partial charge in [0.2, 0.25) is 0 Å². The third-order valence-electron chi connectivity index (χ3n) is 5.06. The Bertz CT molecular complexity index is 946. The van der Waals surface area contributed by atoms with Crippen LogP contribution in [-0.2, 0) is 11.8 Å². The summed E-state index contributed by atoms with van der Waals surface area (Å²) in [6, 6.07) is 29.9. The minimum Gasteiger partial charge on any atom is -0.460 e. The molecule has 1 nitrogen and oxygen atoms in total. The summed E-state index contributed by atoms with van der Waals surface area (Å²) in [6.45, 7) is 4.40. The van der Waals surface area contributed by atoms with Gasteiger partial charge in [-0.25, -0.2) is 0 Å². The fourth-order valence-corrected chi connectivity index (χ4v) is 3.51. The zero-order valence-electron chi connectivity index (χ0n) is 14.7. The molecule has 0 saturated heterocycles. The fourth-order valence-electron chi connectivity index (χ4n) is 3.51. The molecular formula is C24H22O. The van der Waals surface area contributed by atoms with Crippen molar-refractivity contribution in [1.29, 1.82) is 0 Å². The number of para-hydroxylation sites is 1. The zero-order valence-corrected chi connectivity index (χ0v) is 14.7. The minimum atomic E-state index is -0.214. The van der Waals surface area contributed by atoms with Gasteiger partial charge in [0.05, 0.1) is 5.41 Å². The second-order valence-corrected chi connectivity index (χ2v) is 7.01. The first-order chi connectivity index (χ1) is 12.1. The number of furan rings is 1. The van der Waals surface area contributed by atoms with Crippen LogP contribution in [0.25, 0.3) is 11.0 Å². The van der Waals surface area contributed by atoms with Gasteiger partial charge in [-0.1, -0.05) is 78.4 Å². The molecule has 1 heterocycles. The van der Waals surface area contributed by atoms with E-state index in [1.165, 1.54) is 16.7 Å². The summed E-state index contributed by atoms with van der Waals surface area (Å²) in [4.78, 5) is 0. The highest BCUT2D eigenvalue weighted by Gasteiger charge is 2.33. The highest BCUT2D eigenvalue weighted by molar-refractivity contribution is 5.78. The van der Waals surface area contributed by atoms with Crippen LogP contribution in [0.4, 0.5) is 0 Å². The summed E-state index contributed by atoms with van der Waals surface area (Å²) < 4.78 is 6.29. The molecule has 1 atom stereocenters. The molecule has 4 aromatic rings. The van der Waals surface area contributed by atoms with Crippen LogP contribution in [-0.4, -0.2) is 0 Å². The van der Waals surface area contributed by atoms with Gasteiger partial charge in [0.25, 0.3) is 0 Å². The van der Waals surface area contributed by atoms with Crippen molar-refractivity contribution in [1.82, 2.24) is 0 Å². The molecular weight excluding hydrogens is 304 g/mol. The van der Waals surface area contributed by atoms with Crippen LogP contribution in [0.15, 0.2) is 89.3 Å². The fraction of sp³-hybridized carbons (Fsp3) is 0.167. The van der Waals surface area contributed by atoms with E-state index in [-0.39, 0.29) is 5.41 Å². The predicted molar refractivity (Wildman–Crippen MR) is 104 cm³/mol. The number of benzene rings is 3. The maximum absolute atomic E-state index is 6.29. The lowest BCUT2D eigenvalue weighted by atomic mass is 9.75. The van der Waals surface area contributed by atoms with Crippen LogP contribution in [0.5, 0.6) is 0 Å². The van der Waals surface area contributed by atoms with Crippen LogP contribution in [0.1, 0.15) is 29.4 Å². The molecule has 0 aliphatic heterocycles. The first-order valence-corrected chi connectivity index (χ1v) is 8.75. The third kappa shape index (κ3) is 2.98. The predicted octanol–water partition coefficient (Wildman–Crippen LogP) is 6.29. The second-order valence-electron chi connectivity index (χ2n) is 7.01. The molecule has 0 spiro atoms. The number of hydrogen-bond acceptors (Lipinski definition) is 1. The molecule has 4 rings (SSSR count). The van der Waals surface area contributed by atoms with Gasteiger partial charge in [-0.15, -0.1) is 0 Å². The van der Waals surface area contributed by atoms with Gasteiger partial charge in [-0.2, -0.15) is 0 Å². The second kappa shape index (κ2) is 6.25. The first-order valence-electron chi connectivity index (χ1n) is 8.75. The van der Waals surface area contributed by atoms with Gasteiger partial charge in [-0.3, -0.25) is 0 Å². The van der Waals surface area contributed by atoms with E-state index in [0.717, 1.165) is 23.2 Å². The van der Waals surface area contributed by atoms with Crippen molar-refractivity contribution in [2.75, 3.05) is 0 Å². The first kappa shape index (κ1) is 15.7. The van der Waals surface area contributed by atoms with Crippen LogP contribution >= 0.6 is 0 Å². The molecule has 1 unspecified atom stereocenters. The van der Waals surface area contributed by atoms with Gasteiger partial charge in [0.1, 0.15) is 11.3 Å². The normalized spacial score (nSPS) is 13.7. The zero-order chi connectivity index (χ0) is 17.3. The summed E-state index contributed by atoms with van der Waals surface area (Å²) in [5.41, 5.74) is 4.60. The molecule has 0 amide bonds. The molecule has 3 aromatic carbocycles. The average molecular weight is 326 g/mol. The molecule has 0 N–H and O–H groups in total. The van der Waals surface area contributed by atoms with E-state index < -0.39 is 0 Å². The lowest BCUT2D eigenvalue weighted by Gasteiger charge is -2.28. The van der Waals surface area contributed by atoms with Crippen molar-refractivity contribution >= 4 is 11.0 Å². The maximum Gasteiger partial charge on any atom is 0.134 e. The maximum atomic E-state index is 6.29. The Labute approximate surface area is 148 Å². The Balaban J connectivity index is 1.86. The van der Waals surface area contributed by atoms with Crippen LogP contribution < -0.4 is 0 Å². The summed E-state index contributed by atoms with van der Waals surface area (Å²) >= 11 is 0. The Morgan fingerprint density at radius 1 is 0.800 bits per heavy atom. The van der Waals surface area contributed by atoms with Crippen LogP contribution in [0.2, 0.25) is 0 Å². The van der Waals surface area contributed by atoms with Crippen molar-refractivity contribution in [2.45, 2.75) is 25.7 Å². The molecule has 124 valence electrons. The van der Waals surface area contributed by atoms with E-state index in [0.29, 0.717) is 0 Å². The van der Waals surface area contributed by atoms with Crippen molar-refractivity contribution in [2.24, 2.45) is 0 Å². The lowest BCUT2D eigenvalue weighted by molar-refractivity contribution is 0.424. The summed E-state index contributed by atoms with van der Waals surface area (Å²) in [6.07, 6.45) is 0.900. The average Bonchev–Trinajstić information content (AvgIpc) is 3.08. The third-order valence-corrected chi connectivity index (χ3v) is 5.06. The molecule has 0 bridgehead atoms. The van der Waals surface area contributed by atoms with Gasteiger partial charge in [0, 0.05) is 5.39 Å². The van der Waals surface area contributed by atoms with Gasteiger partial charge < -0.3 is 4.42 Å². The standard InChI is InChI=1S/C24H22O/c1-18-12-14-21(15-13-18)24(2,17-19-8-4-3-5-9-19)23-16-20-10-6-7-11-22(20)25-23/h3-16H,17H2,1-2H3. The van der Waals surface area contributed by atoms with E-state index in [2.05, 4.69) is 86.6 Å². The van der Waals surface area contributed by atoms with Crippen molar-refractivity contribution in [3.63, 3.8) is 0 Å². The highest BCUT2D eigenvalue weighted by atomic mass is 16.3. The molecule has 1 aromatic heterocycles. The number of aryl methyl sites for hydroxylation is 1. The molecule has 0 aliphatic carbocycles. The molecule has 0 radical (unpaired) electrons. The number of hydrogen-bond donors (Lipinski definition) is 0. The van der Waals surface area contributed by atoms with Gasteiger partial charge in [0.15, 0.2) is 0 Å². The van der Waals surface area contributed by atoms with Crippen LogP contribution in [0, 0.1) is 6.92 Å². The van der Waals surface area contributed by atoms with E-state index >= 15 is 0 Å². The van der Waals surface area contributed by atoms with Gasteiger partial charge >= 0.3 is 0 Å². The summed E-state index contributed by atoms with van der Waals surface area (Å²) in [5, 5.41) is 1.16. The molecule has 0 fully saturated rings. The van der Waals surface area contributed by atoms with Crippen molar-refractivity contribution in [3.05, 3.63) is 107 Å². The minimum absolute atomic E-state index is 0.214. The SMILES string of the molecule is Cc1ccc(C(C)(Cc2ccccc2)c2cc3ccccc3o2)cc1. The topological polar surface area (TPSA) is 13.1 Å². The van der Waals surface area contributed by atoms with E-state index in [1.54, 1.807) is 0 Å². The van der Waals surface area contributed by atoms with E-state index in [9.17, 15) is 0 Å². The van der Waals surface area contributed by atoms with Crippen LogP contribution in [0.3, 0.4) is 0 Å². The molecule has 1 heteroatoms. The Kier molecular flexibility index (Phi) is 3.93. The molecule has 0 aliphatic rings. The Hall–Kier alpha value is -2.80. The quantitative estimate of drug-likeness (QED) is 0.429. The highest BCUT2D eigenvalue weighted by Crippen LogP contribution is 2.38. The summed E-state index contributed by atoms with van der Waals surface area (Å²) in [7, 11) is 0. The lowest BCUT2D eigenvalue weighted by Crippen LogP contribution is -2.26. The largest absolute Gasteiger partial charge is 0.460 e. The monoisotopic (exact) mass is 326 g/mol. The van der Waals surface area contributed by atoms with Gasteiger partial charge in [-0.05, 0) is 43.5 Å². The van der Waals surface area contributed by atoms with Crippen molar-refractivity contribution in [3.8, 4) is 0 Å². The van der Waals surface area contributed by atoms with E-state index in [1.807, 2.05) is 12.1 Å². The Morgan fingerprint density at radius 3 is 2.20 bits per heavy atom. The molecule has 25 heavy (non-hydrogen) atoms. The molecule has 0 saturated carbocycles. The Morgan fingerprint density at radius 2 is 1.48 bits per heavy atom. The summed E-state index contributed by atoms with van der Waals surface area (Å²) in [5.74, 6) is 1.02. The number of fused-ring (bicyclic) bond motifs is 1. The smallest absolute Gasteiger partial charge is 0.134 e. The number of rotatable bonds is 4.